The Hall–Kier alpha value is -1.88. The minimum absolute atomic E-state index is 0.00104. The molecule has 23 heavy (non-hydrogen) atoms. The van der Waals surface area contributed by atoms with Crippen molar-refractivity contribution >= 4 is 11.8 Å². The topological polar surface area (TPSA) is 61.4 Å². The first-order chi connectivity index (χ1) is 10.9. The highest BCUT2D eigenvalue weighted by Gasteiger charge is 2.21. The first kappa shape index (κ1) is 17.5. The van der Waals surface area contributed by atoms with E-state index in [-0.39, 0.29) is 30.3 Å². The zero-order chi connectivity index (χ0) is 16.8. The summed E-state index contributed by atoms with van der Waals surface area (Å²) in [6.45, 7) is 5.52. The summed E-state index contributed by atoms with van der Waals surface area (Å²) >= 11 is 0. The number of carbonyl (C=O) groups excluding carboxylic acids is 2. The van der Waals surface area contributed by atoms with Crippen LogP contribution >= 0.6 is 0 Å². The Morgan fingerprint density at radius 1 is 1.22 bits per heavy atom. The van der Waals surface area contributed by atoms with Crippen molar-refractivity contribution < 1.29 is 9.59 Å². The fraction of sp³-hybridized carbons (Fsp3) is 0.556. The second-order valence-electron chi connectivity index (χ2n) is 6.51. The number of hydrogen-bond acceptors (Lipinski definition) is 3. The molecule has 1 aliphatic rings. The van der Waals surface area contributed by atoms with Gasteiger partial charge in [-0.2, -0.15) is 0 Å². The van der Waals surface area contributed by atoms with Gasteiger partial charge in [0.15, 0.2) is 0 Å². The number of nitrogens with zero attached hydrogens (tertiary/aromatic N) is 1. The fourth-order valence-electron chi connectivity index (χ4n) is 2.92. The SMILES string of the molecule is CC(=O)NC(CC(=O)NC1CCN(C)CC1)c1ccc(C)cc1. The Labute approximate surface area is 138 Å². The monoisotopic (exact) mass is 317 g/mol. The van der Waals surface area contributed by atoms with E-state index in [1.165, 1.54) is 6.92 Å². The third kappa shape index (κ3) is 5.67. The predicted octanol–water partition coefficient (Wildman–Crippen LogP) is 1.77. The molecule has 2 rings (SSSR count). The number of nitrogens with one attached hydrogen (secondary N) is 2. The lowest BCUT2D eigenvalue weighted by molar-refractivity contribution is -0.123. The van der Waals surface area contributed by atoms with Crippen LogP contribution in [0.25, 0.3) is 0 Å². The molecule has 1 fully saturated rings. The molecule has 0 spiro atoms. The van der Waals surface area contributed by atoms with E-state index in [0.29, 0.717) is 0 Å². The molecule has 1 unspecified atom stereocenters. The number of carbonyl (C=O) groups is 2. The minimum atomic E-state index is -0.278. The van der Waals surface area contributed by atoms with Gasteiger partial charge in [0.1, 0.15) is 0 Å². The number of likely N-dealkylation sites (tertiary alicyclic amines) is 1. The van der Waals surface area contributed by atoms with Crippen LogP contribution in [0.2, 0.25) is 0 Å². The van der Waals surface area contributed by atoms with Crippen molar-refractivity contribution in [3.05, 3.63) is 35.4 Å². The zero-order valence-electron chi connectivity index (χ0n) is 14.3. The number of piperidine rings is 1. The van der Waals surface area contributed by atoms with Crippen molar-refractivity contribution in [2.45, 2.75) is 45.2 Å². The van der Waals surface area contributed by atoms with E-state index in [9.17, 15) is 9.59 Å². The van der Waals surface area contributed by atoms with Crippen molar-refractivity contribution in [2.24, 2.45) is 0 Å². The van der Waals surface area contributed by atoms with Crippen LogP contribution in [0.4, 0.5) is 0 Å². The molecule has 5 heteroatoms. The van der Waals surface area contributed by atoms with Gasteiger partial charge in [0.2, 0.25) is 11.8 Å². The van der Waals surface area contributed by atoms with Gasteiger partial charge in [-0.05, 0) is 45.5 Å². The smallest absolute Gasteiger partial charge is 0.222 e. The molecule has 0 bridgehead atoms. The normalized spacial score (nSPS) is 17.5. The second-order valence-corrected chi connectivity index (χ2v) is 6.51. The van der Waals surface area contributed by atoms with Gasteiger partial charge in [0.25, 0.3) is 0 Å². The van der Waals surface area contributed by atoms with Crippen molar-refractivity contribution in [3.63, 3.8) is 0 Å². The van der Waals surface area contributed by atoms with E-state index in [1.807, 2.05) is 31.2 Å². The molecule has 5 nitrogen and oxygen atoms in total. The van der Waals surface area contributed by atoms with E-state index < -0.39 is 0 Å². The Bertz CT molecular complexity index is 534. The standard InChI is InChI=1S/C18H27N3O2/c1-13-4-6-15(7-5-13)17(19-14(2)22)12-18(23)20-16-8-10-21(3)11-9-16/h4-7,16-17H,8-12H2,1-3H3,(H,19,22)(H,20,23). The predicted molar refractivity (Wildman–Crippen MR) is 91.0 cm³/mol. The van der Waals surface area contributed by atoms with E-state index in [2.05, 4.69) is 22.6 Å². The van der Waals surface area contributed by atoms with Gasteiger partial charge in [-0.25, -0.2) is 0 Å². The molecule has 2 N–H and O–H groups in total. The summed E-state index contributed by atoms with van der Waals surface area (Å²) in [4.78, 5) is 26.1. The summed E-state index contributed by atoms with van der Waals surface area (Å²) in [6, 6.07) is 7.91. The molecule has 1 aliphatic heterocycles. The highest BCUT2D eigenvalue weighted by molar-refractivity contribution is 5.79. The van der Waals surface area contributed by atoms with Crippen molar-refractivity contribution in [1.29, 1.82) is 0 Å². The van der Waals surface area contributed by atoms with Crippen molar-refractivity contribution in [2.75, 3.05) is 20.1 Å². The van der Waals surface area contributed by atoms with Gasteiger partial charge in [-0.1, -0.05) is 29.8 Å². The van der Waals surface area contributed by atoms with E-state index in [1.54, 1.807) is 0 Å². The van der Waals surface area contributed by atoms with Crippen molar-refractivity contribution in [1.82, 2.24) is 15.5 Å². The molecular formula is C18H27N3O2. The van der Waals surface area contributed by atoms with Crippen LogP contribution in [0.1, 0.15) is 43.4 Å². The molecule has 1 aromatic rings. The summed E-state index contributed by atoms with van der Waals surface area (Å²) in [5.41, 5.74) is 2.12. The Morgan fingerprint density at radius 3 is 2.39 bits per heavy atom. The van der Waals surface area contributed by atoms with Gasteiger partial charge in [-0.15, -0.1) is 0 Å². The molecule has 0 aliphatic carbocycles. The summed E-state index contributed by atoms with van der Waals surface area (Å²) < 4.78 is 0. The molecule has 0 radical (unpaired) electrons. The number of benzene rings is 1. The molecular weight excluding hydrogens is 290 g/mol. The van der Waals surface area contributed by atoms with Crippen LogP contribution in [0.15, 0.2) is 24.3 Å². The molecule has 1 heterocycles. The highest BCUT2D eigenvalue weighted by Crippen LogP contribution is 2.18. The fourth-order valence-corrected chi connectivity index (χ4v) is 2.92. The summed E-state index contributed by atoms with van der Waals surface area (Å²) in [7, 11) is 2.10. The minimum Gasteiger partial charge on any atom is -0.353 e. The van der Waals surface area contributed by atoms with Gasteiger partial charge in [0.05, 0.1) is 12.5 Å². The quantitative estimate of drug-likeness (QED) is 0.870. The van der Waals surface area contributed by atoms with Gasteiger partial charge in [-0.3, -0.25) is 9.59 Å². The maximum Gasteiger partial charge on any atom is 0.222 e. The van der Waals surface area contributed by atoms with Crippen LogP contribution in [0.3, 0.4) is 0 Å². The average molecular weight is 317 g/mol. The summed E-state index contributed by atoms with van der Waals surface area (Å²) in [6.07, 6.45) is 2.24. The maximum atomic E-state index is 12.3. The summed E-state index contributed by atoms with van der Waals surface area (Å²) in [5.74, 6) is -0.124. The second kappa shape index (κ2) is 8.11. The van der Waals surface area contributed by atoms with Crippen molar-refractivity contribution in [3.8, 4) is 0 Å². The number of amides is 2. The first-order valence-corrected chi connectivity index (χ1v) is 8.25. The van der Waals surface area contributed by atoms with Gasteiger partial charge in [0, 0.05) is 13.0 Å². The average Bonchev–Trinajstić information content (AvgIpc) is 2.49. The van der Waals surface area contributed by atoms with E-state index in [0.717, 1.165) is 37.1 Å². The third-order valence-corrected chi connectivity index (χ3v) is 4.33. The summed E-state index contributed by atoms with van der Waals surface area (Å²) in [5, 5.41) is 5.99. The Morgan fingerprint density at radius 2 is 1.83 bits per heavy atom. The highest BCUT2D eigenvalue weighted by atomic mass is 16.2. The molecule has 0 saturated carbocycles. The van der Waals surface area contributed by atoms with E-state index >= 15 is 0 Å². The zero-order valence-corrected chi connectivity index (χ0v) is 14.3. The molecule has 0 aromatic heterocycles. The van der Waals surface area contributed by atoms with Gasteiger partial charge >= 0.3 is 0 Å². The molecule has 1 saturated heterocycles. The lowest BCUT2D eigenvalue weighted by atomic mass is 10.0. The molecule has 1 atom stereocenters. The Balaban J connectivity index is 1.95. The number of rotatable bonds is 5. The van der Waals surface area contributed by atoms with Crippen LogP contribution in [0, 0.1) is 6.92 Å². The van der Waals surface area contributed by atoms with E-state index in [4.69, 9.17) is 0 Å². The first-order valence-electron chi connectivity index (χ1n) is 8.25. The van der Waals surface area contributed by atoms with Crippen LogP contribution in [-0.2, 0) is 9.59 Å². The number of aryl methyl sites for hydroxylation is 1. The Kier molecular flexibility index (Phi) is 6.16. The number of hydrogen-bond donors (Lipinski definition) is 2. The molecule has 126 valence electrons. The van der Waals surface area contributed by atoms with Crippen LogP contribution in [0.5, 0.6) is 0 Å². The molecule has 1 aromatic carbocycles. The lowest BCUT2D eigenvalue weighted by Gasteiger charge is -2.30. The molecule has 2 amide bonds. The largest absolute Gasteiger partial charge is 0.353 e. The maximum absolute atomic E-state index is 12.3. The van der Waals surface area contributed by atoms with Gasteiger partial charge < -0.3 is 15.5 Å². The third-order valence-electron chi connectivity index (χ3n) is 4.33. The lowest BCUT2D eigenvalue weighted by Crippen LogP contribution is -2.44. The van der Waals surface area contributed by atoms with Crippen LogP contribution in [-0.4, -0.2) is 42.9 Å². The van der Waals surface area contributed by atoms with Crippen LogP contribution < -0.4 is 10.6 Å².